The number of benzene rings is 5. The van der Waals surface area contributed by atoms with Crippen molar-refractivity contribution in [1.82, 2.24) is 14.8 Å². The number of fused-ring (bicyclic) bond motifs is 4. The standard InChI is InChI=1S/C25H37NO2.C21H22Br2O.C16H32.C11H9NO2.C10H15N.C10H12.C6H8N.C6H2.Mo.2H2/c1-2-3-4-5-6-7-8-9-10-11-12-13-14-15-18-21-26-24(27)22-19-16-17-20-23(22)25(26)28;1-12-17(22)10-13-6-2-4-8-15(13)19(12)20-16-9-5-3-7-14(16)11-18(23)21(20)24;1-3-5-7-9-11-13-15-16-14-12-10-8-6-4-2;1-2-7-12-10(13)8-5-3-4-6-9(8)11(12)14;11-10-4-7-1-8(5-10)3-9(2-7)6-10;1-10(2,3)9-7-5-4-6-8-9;1-5-3-4-6(2)7-5;1-3-5-6-4-2;;;/h15-20H,2-14,21H2,1H3;10-11,24H,2-9H2,1H3;3H,1,4-16H2,2H3;2-6H,1,7H2;7-9H,1-6H2;1,4-8H,2-3H3;3-4H,1-2H3;1-2H;;2*1H/q;;;;;;-1;;;;/b18-15-;;;;;;;;;;. The Morgan fingerprint density at radius 3 is 1.31 bits per heavy atom. The van der Waals surface area contributed by atoms with Crippen molar-refractivity contribution < 1.29 is 45.1 Å². The van der Waals surface area contributed by atoms with Crippen LogP contribution in [-0.4, -0.2) is 61.6 Å². The number of carbonyl (C=O) groups is 4. The molecule has 0 radical (unpaired) electrons. The maximum absolute atomic E-state index is 12.3. The Labute approximate surface area is 734 Å². The molecule has 6 aliphatic carbocycles. The number of phenolic OH excluding ortho intramolecular Hbond substituents is 1. The molecule has 4 bridgehead atoms. The van der Waals surface area contributed by atoms with Crippen molar-refractivity contribution in [2.45, 2.75) is 316 Å². The van der Waals surface area contributed by atoms with Gasteiger partial charge in [0.15, 0.2) is 0 Å². The van der Waals surface area contributed by atoms with Crippen molar-refractivity contribution in [2.24, 2.45) is 21.2 Å². The minimum absolute atomic E-state index is 0. The fourth-order valence-electron chi connectivity index (χ4n) is 18.0. The molecule has 1 aromatic heterocycles. The van der Waals surface area contributed by atoms with Gasteiger partial charge in [0.1, 0.15) is 5.75 Å². The van der Waals surface area contributed by atoms with Gasteiger partial charge in [-0.3, -0.25) is 29.0 Å². The number of imide groups is 2. The van der Waals surface area contributed by atoms with E-state index < -0.39 is 0 Å². The molecule has 0 atom stereocenters. The molecular weight excluding hydrogens is 1650 g/mol. The van der Waals surface area contributed by atoms with Gasteiger partial charge >= 0.3 is 143 Å². The number of hydrogen-bond donors (Lipinski definition) is 1. The molecule has 0 spiro atoms. The summed E-state index contributed by atoms with van der Waals surface area (Å²) in [5, 5.41) is 11.0. The van der Waals surface area contributed by atoms with Crippen molar-refractivity contribution in [3.63, 3.8) is 0 Å². The first-order chi connectivity index (χ1) is 56.7. The summed E-state index contributed by atoms with van der Waals surface area (Å²) in [7, 11) is 0. The Morgan fingerprint density at radius 2 is 0.906 bits per heavy atom. The molecule has 117 heavy (non-hydrogen) atoms. The van der Waals surface area contributed by atoms with E-state index in [4.69, 9.17) is 16.3 Å². The van der Waals surface area contributed by atoms with E-state index in [0.717, 1.165) is 71.3 Å². The molecule has 632 valence electrons. The molecule has 3 heterocycles. The number of aromatic hydroxyl groups is 1. The van der Waals surface area contributed by atoms with E-state index in [-0.39, 0.29) is 56.4 Å². The third-order valence-corrected chi connectivity index (χ3v) is 28.3. The Balaban J connectivity index is 0.000000257. The molecule has 8 aliphatic rings. The van der Waals surface area contributed by atoms with Crippen LogP contribution in [0.15, 0.2) is 153 Å². The number of nitrogens with zero attached hydrogens (tertiary/aromatic N) is 4. The number of terminal acetylenes is 2. The zero-order chi connectivity index (χ0) is 84.2. The van der Waals surface area contributed by atoms with Gasteiger partial charge in [-0.25, -0.2) is 0 Å². The summed E-state index contributed by atoms with van der Waals surface area (Å²) in [4.78, 5) is 54.5. The van der Waals surface area contributed by atoms with Crippen LogP contribution in [0.2, 0.25) is 0 Å². The van der Waals surface area contributed by atoms with Crippen LogP contribution in [0, 0.1) is 75.1 Å². The number of aryl methyl sites for hydroxylation is 4. The predicted molar refractivity (Wildman–Crippen MR) is 499 cm³/mol. The molecule has 4 amide bonds. The van der Waals surface area contributed by atoms with E-state index in [1.807, 2.05) is 38.1 Å². The van der Waals surface area contributed by atoms with Crippen LogP contribution in [0.4, 0.5) is 0 Å². The van der Waals surface area contributed by atoms with Gasteiger partial charge < -0.3 is 10.1 Å². The first-order valence-corrected chi connectivity index (χ1v) is 48.3. The number of halogens is 2. The summed E-state index contributed by atoms with van der Waals surface area (Å²) in [6.45, 7) is 23.3. The Bertz CT molecular complexity index is 4200. The second kappa shape index (κ2) is 53.4. The van der Waals surface area contributed by atoms with Gasteiger partial charge in [-0.15, -0.1) is 26.0 Å². The molecular formula is C105H141Br2MoN4O5-. The topological polar surface area (TPSA) is 121 Å². The molecule has 6 aromatic rings. The average Bonchev–Trinajstić information content (AvgIpc) is 1.69. The number of unbranched alkanes of at least 4 members (excludes halogenated alkanes) is 24. The number of aromatic nitrogens is 1. The van der Waals surface area contributed by atoms with Crippen LogP contribution in [-0.2, 0) is 49.0 Å². The quantitative estimate of drug-likeness (QED) is 0.0141. The minimum Gasteiger partial charge on any atom is -0.665 e. The second-order valence-corrected chi connectivity index (χ2v) is 37.1. The number of rotatable bonds is 34. The number of amides is 4. The number of phenols is 1. The summed E-state index contributed by atoms with van der Waals surface area (Å²) < 4.78 is 9.97. The predicted octanol–water partition coefficient (Wildman–Crippen LogP) is 28.3. The molecule has 5 aromatic carbocycles. The van der Waals surface area contributed by atoms with Gasteiger partial charge in [0.25, 0.3) is 23.6 Å². The Hall–Kier alpha value is -7.32. The molecule has 0 saturated heterocycles. The molecule has 0 unspecified atom stereocenters. The molecule has 4 fully saturated rings. The van der Waals surface area contributed by atoms with E-state index in [1.165, 1.54) is 278 Å². The molecule has 14 rings (SSSR count). The molecule has 1 N–H and O–H groups in total. The third kappa shape index (κ3) is 31.3. The van der Waals surface area contributed by atoms with Crippen molar-refractivity contribution in [3.05, 3.63) is 217 Å². The molecule has 9 nitrogen and oxygen atoms in total. The van der Waals surface area contributed by atoms with Crippen molar-refractivity contribution in [1.29, 1.82) is 0 Å². The SMILES string of the molecule is C#CC#CC#C.C=CCCCCCCCCCCCCCC.C=CCN1C(=O)c2ccccc2C1=O.CC(C)([CH]=[Mo]=[N]C12CC3CC(CC(C3)C1)C2)c1ccccc1.CCCCCCCCCCCCCC/C=C\CN1C(=O)c2ccccc2C1=O.Cc1c(Br)cc2c(c1-c1c(O)c(Br)cc3c1CCCC3)CCCC2.Cc1ccc(C)[n-]1.[HH].[HH]. The van der Waals surface area contributed by atoms with Crippen molar-refractivity contribution in [2.75, 3.05) is 13.1 Å². The van der Waals surface area contributed by atoms with Gasteiger partial charge in [-0.05, 0) is 193 Å². The average molecular weight is 1800 g/mol. The van der Waals surface area contributed by atoms with Crippen molar-refractivity contribution in [3.8, 4) is 53.4 Å². The van der Waals surface area contributed by atoms with Crippen LogP contribution in [0.5, 0.6) is 5.75 Å². The van der Waals surface area contributed by atoms with Crippen LogP contribution < -0.4 is 4.98 Å². The molecule has 12 heteroatoms. The third-order valence-electron chi connectivity index (χ3n) is 23.9. The van der Waals surface area contributed by atoms with Crippen molar-refractivity contribution >= 4 is 59.9 Å². The Morgan fingerprint density at radius 1 is 0.521 bits per heavy atom. The summed E-state index contributed by atoms with van der Waals surface area (Å²) in [5.41, 5.74) is 15.6. The molecule has 4 saturated carbocycles. The largest absolute Gasteiger partial charge is 0.665 e. The van der Waals surface area contributed by atoms with Crippen LogP contribution in [0.1, 0.15) is 348 Å². The Kier molecular flexibility index (Phi) is 44.1. The fourth-order valence-corrected chi connectivity index (χ4v) is 21.1. The van der Waals surface area contributed by atoms with E-state index in [2.05, 4.69) is 161 Å². The van der Waals surface area contributed by atoms with Gasteiger partial charge in [0.2, 0.25) is 0 Å². The van der Waals surface area contributed by atoms with E-state index in [1.54, 1.807) is 54.6 Å². The molecule has 2 aliphatic heterocycles. The second-order valence-electron chi connectivity index (χ2n) is 33.9. The van der Waals surface area contributed by atoms with Gasteiger partial charge in [0, 0.05) is 26.0 Å². The van der Waals surface area contributed by atoms with Gasteiger partial charge in [-0.1, -0.05) is 246 Å². The maximum Gasteiger partial charge on any atom is 0.261 e. The van der Waals surface area contributed by atoms with Gasteiger partial charge in [0.05, 0.1) is 26.7 Å². The van der Waals surface area contributed by atoms with Crippen LogP contribution >= 0.6 is 31.9 Å². The van der Waals surface area contributed by atoms with Crippen LogP contribution in [0.25, 0.3) is 11.1 Å². The van der Waals surface area contributed by atoms with Crippen LogP contribution in [0.3, 0.4) is 0 Å². The zero-order valence-electron chi connectivity index (χ0n) is 72.2. The summed E-state index contributed by atoms with van der Waals surface area (Å²) in [5.74, 6) is 11.3. The minimum atomic E-state index is -0.353. The zero-order valence-corrected chi connectivity index (χ0v) is 77.4. The van der Waals surface area contributed by atoms with E-state index in [9.17, 15) is 24.3 Å². The summed E-state index contributed by atoms with van der Waals surface area (Å²) >= 11 is 7.02. The number of hydrogen-bond acceptors (Lipinski definition) is 6. The fraction of sp³-hybridized carbons (Fsp3) is 0.514. The maximum atomic E-state index is 12.3. The normalized spacial score (nSPS) is 17.4. The smallest absolute Gasteiger partial charge is 0.261 e. The summed E-state index contributed by atoms with van der Waals surface area (Å²) in [6.07, 6.45) is 71.1. The number of allylic oxidation sites excluding steroid dienone is 2. The van der Waals surface area contributed by atoms with E-state index >= 15 is 0 Å². The van der Waals surface area contributed by atoms with Gasteiger partial charge in [-0.2, -0.15) is 11.4 Å². The van der Waals surface area contributed by atoms with E-state index in [0.29, 0.717) is 40.1 Å². The summed E-state index contributed by atoms with van der Waals surface area (Å²) in [6, 6.07) is 33.3. The first-order valence-electron chi connectivity index (χ1n) is 44.6. The first kappa shape index (κ1) is 96.8. The number of carbonyl (C=O) groups excluding carboxylic acids is 4. The monoisotopic (exact) mass is 1790 g/mol.